The molecule has 1 aromatic heterocycles. The Kier molecular flexibility index (Phi) is 6.11. The van der Waals surface area contributed by atoms with Gasteiger partial charge in [-0.05, 0) is 48.5 Å². The van der Waals surface area contributed by atoms with E-state index in [1.807, 2.05) is 48.5 Å². The summed E-state index contributed by atoms with van der Waals surface area (Å²) < 4.78 is 11.2. The van der Waals surface area contributed by atoms with E-state index in [9.17, 15) is 9.59 Å². The Morgan fingerprint density at radius 2 is 1.44 bits per heavy atom. The first-order valence-electron chi connectivity index (χ1n) is 11.1. The standard InChI is InChI=1S/C28H22N2O4/c31-27(22-14-12-21(13-15-22)11-10-20-6-2-1-3-7-20)29-25-23-8-4-5-9-24(23)34-26(25)28(32)30-16-18-33-19-17-30/h1-9,12-15H,16-19H2,(H,29,31). The molecule has 0 aliphatic carbocycles. The molecule has 0 unspecified atom stereocenters. The van der Waals surface area contributed by atoms with Crippen molar-refractivity contribution in [1.29, 1.82) is 0 Å². The SMILES string of the molecule is O=C(Nc1c(C(=O)N2CCOCC2)oc2ccccc12)c1ccc(C#Cc2ccccc2)cc1. The molecule has 1 N–H and O–H groups in total. The maximum atomic E-state index is 13.2. The number of amides is 2. The summed E-state index contributed by atoms with van der Waals surface area (Å²) in [5, 5.41) is 3.58. The van der Waals surface area contributed by atoms with Crippen LogP contribution in [-0.4, -0.2) is 43.0 Å². The van der Waals surface area contributed by atoms with Crippen molar-refractivity contribution in [3.8, 4) is 11.8 Å². The molecule has 1 saturated heterocycles. The average Bonchev–Trinajstić information content (AvgIpc) is 3.26. The van der Waals surface area contributed by atoms with Crippen LogP contribution in [0.15, 0.2) is 83.3 Å². The summed E-state index contributed by atoms with van der Waals surface area (Å²) in [4.78, 5) is 27.9. The van der Waals surface area contributed by atoms with Gasteiger partial charge < -0.3 is 19.4 Å². The van der Waals surface area contributed by atoms with Gasteiger partial charge in [0, 0.05) is 35.2 Å². The van der Waals surface area contributed by atoms with Crippen LogP contribution >= 0.6 is 0 Å². The van der Waals surface area contributed by atoms with E-state index >= 15 is 0 Å². The van der Waals surface area contributed by atoms with E-state index in [-0.39, 0.29) is 17.6 Å². The molecule has 1 aliphatic heterocycles. The highest BCUT2D eigenvalue weighted by molar-refractivity contribution is 6.14. The minimum absolute atomic E-state index is 0.127. The monoisotopic (exact) mass is 450 g/mol. The van der Waals surface area contributed by atoms with Crippen LogP contribution in [0.1, 0.15) is 32.0 Å². The number of morpholine rings is 1. The molecule has 0 atom stereocenters. The van der Waals surface area contributed by atoms with Gasteiger partial charge in [-0.2, -0.15) is 0 Å². The number of hydrogen-bond acceptors (Lipinski definition) is 4. The summed E-state index contributed by atoms with van der Waals surface area (Å²) >= 11 is 0. The van der Waals surface area contributed by atoms with Gasteiger partial charge in [-0.15, -0.1) is 0 Å². The quantitative estimate of drug-likeness (QED) is 0.465. The van der Waals surface area contributed by atoms with Crippen molar-refractivity contribution in [2.75, 3.05) is 31.6 Å². The zero-order valence-corrected chi connectivity index (χ0v) is 18.4. The number of benzene rings is 3. The van der Waals surface area contributed by atoms with E-state index in [1.165, 1.54) is 0 Å². The molecule has 4 aromatic rings. The van der Waals surface area contributed by atoms with Gasteiger partial charge in [0.25, 0.3) is 11.8 Å². The second-order valence-corrected chi connectivity index (χ2v) is 7.85. The Hall–Kier alpha value is -4.34. The van der Waals surface area contributed by atoms with Crippen molar-refractivity contribution in [2.45, 2.75) is 0 Å². The number of ether oxygens (including phenoxy) is 1. The normalized spacial score (nSPS) is 13.2. The van der Waals surface area contributed by atoms with Crippen LogP contribution in [0, 0.1) is 11.8 Å². The van der Waals surface area contributed by atoms with Gasteiger partial charge in [-0.1, -0.05) is 42.2 Å². The zero-order valence-electron chi connectivity index (χ0n) is 18.4. The Morgan fingerprint density at radius 1 is 0.794 bits per heavy atom. The highest BCUT2D eigenvalue weighted by Gasteiger charge is 2.27. The van der Waals surface area contributed by atoms with E-state index in [1.54, 1.807) is 35.2 Å². The van der Waals surface area contributed by atoms with Crippen LogP contribution in [0.4, 0.5) is 5.69 Å². The number of rotatable bonds is 3. The molecule has 6 nitrogen and oxygen atoms in total. The highest BCUT2D eigenvalue weighted by Crippen LogP contribution is 2.32. The molecule has 0 bridgehead atoms. The van der Waals surface area contributed by atoms with Gasteiger partial charge in [0.05, 0.1) is 13.2 Å². The lowest BCUT2D eigenvalue weighted by molar-refractivity contribution is 0.0285. The average molecular weight is 450 g/mol. The summed E-state index contributed by atoms with van der Waals surface area (Å²) in [7, 11) is 0. The predicted molar refractivity (Wildman–Crippen MR) is 130 cm³/mol. The van der Waals surface area contributed by atoms with Crippen LogP contribution in [0.2, 0.25) is 0 Å². The van der Waals surface area contributed by atoms with Crippen LogP contribution < -0.4 is 5.32 Å². The lowest BCUT2D eigenvalue weighted by Crippen LogP contribution is -2.40. The Bertz CT molecular complexity index is 1390. The van der Waals surface area contributed by atoms with Gasteiger partial charge in [0.1, 0.15) is 11.3 Å². The fraction of sp³-hybridized carbons (Fsp3) is 0.143. The largest absolute Gasteiger partial charge is 0.449 e. The zero-order chi connectivity index (χ0) is 23.3. The maximum Gasteiger partial charge on any atom is 0.291 e. The van der Waals surface area contributed by atoms with E-state index in [0.717, 1.165) is 11.1 Å². The summed E-state index contributed by atoms with van der Waals surface area (Å²) in [5.41, 5.74) is 3.11. The molecule has 34 heavy (non-hydrogen) atoms. The summed E-state index contributed by atoms with van der Waals surface area (Å²) in [6.45, 7) is 1.92. The molecule has 6 heteroatoms. The number of carbonyl (C=O) groups excluding carboxylic acids is 2. The van der Waals surface area contributed by atoms with Gasteiger partial charge in [-0.25, -0.2) is 0 Å². The number of hydrogen-bond donors (Lipinski definition) is 1. The Morgan fingerprint density at radius 3 is 2.18 bits per heavy atom. The number of para-hydroxylation sites is 1. The topological polar surface area (TPSA) is 71.8 Å². The number of nitrogens with zero attached hydrogens (tertiary/aromatic N) is 1. The molecule has 2 amide bonds. The van der Waals surface area contributed by atoms with E-state index < -0.39 is 0 Å². The number of furan rings is 1. The van der Waals surface area contributed by atoms with E-state index in [2.05, 4.69) is 17.2 Å². The molecule has 3 aromatic carbocycles. The lowest BCUT2D eigenvalue weighted by atomic mass is 10.1. The summed E-state index contributed by atoms with van der Waals surface area (Å²) in [5.74, 6) is 5.74. The molecular weight excluding hydrogens is 428 g/mol. The van der Waals surface area contributed by atoms with Crippen LogP contribution in [0.5, 0.6) is 0 Å². The number of nitrogens with one attached hydrogen (secondary N) is 1. The smallest absolute Gasteiger partial charge is 0.291 e. The molecule has 5 rings (SSSR count). The van der Waals surface area contributed by atoms with Crippen molar-refractivity contribution >= 4 is 28.5 Å². The molecular formula is C28H22N2O4. The molecule has 1 fully saturated rings. The van der Waals surface area contributed by atoms with E-state index in [4.69, 9.17) is 9.15 Å². The fourth-order valence-corrected chi connectivity index (χ4v) is 3.79. The predicted octanol–water partition coefficient (Wildman–Crippen LogP) is 4.56. The minimum Gasteiger partial charge on any atom is -0.449 e. The van der Waals surface area contributed by atoms with Crippen molar-refractivity contribution in [1.82, 2.24) is 4.90 Å². The van der Waals surface area contributed by atoms with Gasteiger partial charge in [0.2, 0.25) is 5.76 Å². The Balaban J connectivity index is 1.39. The van der Waals surface area contributed by atoms with Crippen molar-refractivity contribution in [3.05, 3.63) is 101 Å². The van der Waals surface area contributed by atoms with Crippen molar-refractivity contribution in [3.63, 3.8) is 0 Å². The van der Waals surface area contributed by atoms with Crippen molar-refractivity contribution in [2.24, 2.45) is 0 Å². The second kappa shape index (κ2) is 9.65. The molecule has 1 aliphatic rings. The lowest BCUT2D eigenvalue weighted by Gasteiger charge is -2.26. The minimum atomic E-state index is -0.329. The van der Waals surface area contributed by atoms with Gasteiger partial charge in [0.15, 0.2) is 0 Å². The fourth-order valence-electron chi connectivity index (χ4n) is 3.79. The van der Waals surface area contributed by atoms with Gasteiger partial charge in [-0.3, -0.25) is 9.59 Å². The molecule has 0 radical (unpaired) electrons. The first kappa shape index (κ1) is 21.5. The van der Waals surface area contributed by atoms with Crippen LogP contribution in [0.25, 0.3) is 11.0 Å². The van der Waals surface area contributed by atoms with Crippen LogP contribution in [-0.2, 0) is 4.74 Å². The molecule has 0 saturated carbocycles. The molecule has 0 spiro atoms. The molecule has 2 heterocycles. The van der Waals surface area contributed by atoms with Crippen LogP contribution in [0.3, 0.4) is 0 Å². The van der Waals surface area contributed by atoms with E-state index in [0.29, 0.717) is 48.5 Å². The third-order valence-corrected chi connectivity index (χ3v) is 5.60. The first-order chi connectivity index (χ1) is 16.7. The second-order valence-electron chi connectivity index (χ2n) is 7.85. The summed E-state index contributed by atoms with van der Waals surface area (Å²) in [6, 6.07) is 24.0. The number of carbonyl (C=O) groups is 2. The third kappa shape index (κ3) is 4.56. The van der Waals surface area contributed by atoms with Gasteiger partial charge >= 0.3 is 0 Å². The maximum absolute atomic E-state index is 13.2. The highest BCUT2D eigenvalue weighted by atomic mass is 16.5. The third-order valence-electron chi connectivity index (χ3n) is 5.60. The van der Waals surface area contributed by atoms with Crippen molar-refractivity contribution < 1.29 is 18.7 Å². The molecule has 168 valence electrons. The first-order valence-corrected chi connectivity index (χ1v) is 11.1. The Labute approximate surface area is 197 Å². The number of anilines is 1. The number of fused-ring (bicyclic) bond motifs is 1. The summed E-state index contributed by atoms with van der Waals surface area (Å²) in [6.07, 6.45) is 0.